The second-order valence-corrected chi connectivity index (χ2v) is 7.22. The number of carbonyl (C=O) groups is 2. The van der Waals surface area contributed by atoms with Crippen LogP contribution in [0.2, 0.25) is 0 Å². The molecule has 5 heteroatoms. The van der Waals surface area contributed by atoms with Crippen molar-refractivity contribution in [3.63, 3.8) is 0 Å². The van der Waals surface area contributed by atoms with Gasteiger partial charge in [-0.1, -0.05) is 36.4 Å². The molecule has 2 amide bonds. The van der Waals surface area contributed by atoms with Gasteiger partial charge in [0.15, 0.2) is 0 Å². The maximum Gasteiger partial charge on any atom is 0.249 e. The fourth-order valence-corrected chi connectivity index (χ4v) is 3.90. The van der Waals surface area contributed by atoms with E-state index in [0.717, 1.165) is 55.8 Å². The van der Waals surface area contributed by atoms with E-state index in [0.29, 0.717) is 6.42 Å². The summed E-state index contributed by atoms with van der Waals surface area (Å²) in [6.45, 7) is 2.41. The van der Waals surface area contributed by atoms with E-state index in [1.165, 1.54) is 0 Å². The molecule has 0 aliphatic carbocycles. The third-order valence-corrected chi connectivity index (χ3v) is 5.34. The maximum absolute atomic E-state index is 13.1. The van der Waals surface area contributed by atoms with E-state index in [-0.39, 0.29) is 11.8 Å². The van der Waals surface area contributed by atoms with Crippen LogP contribution in [0, 0.1) is 0 Å². The van der Waals surface area contributed by atoms with Crippen molar-refractivity contribution in [2.45, 2.75) is 31.7 Å². The number of hydrogen-bond acceptors (Lipinski definition) is 3. The van der Waals surface area contributed by atoms with Crippen LogP contribution in [-0.4, -0.2) is 36.3 Å². The zero-order valence-corrected chi connectivity index (χ0v) is 15.4. The summed E-state index contributed by atoms with van der Waals surface area (Å²) < 4.78 is 0. The number of anilines is 2. The Morgan fingerprint density at radius 1 is 0.926 bits per heavy atom. The monoisotopic (exact) mass is 363 g/mol. The molecule has 2 aliphatic heterocycles. The zero-order valence-electron chi connectivity index (χ0n) is 15.4. The van der Waals surface area contributed by atoms with Crippen molar-refractivity contribution >= 4 is 23.2 Å². The smallest absolute Gasteiger partial charge is 0.249 e. The normalized spacial score (nSPS) is 18.0. The van der Waals surface area contributed by atoms with Crippen molar-refractivity contribution < 1.29 is 9.59 Å². The van der Waals surface area contributed by atoms with Gasteiger partial charge < -0.3 is 15.1 Å². The molecule has 2 heterocycles. The van der Waals surface area contributed by atoms with Gasteiger partial charge in [0.25, 0.3) is 0 Å². The van der Waals surface area contributed by atoms with Crippen molar-refractivity contribution in [3.05, 3.63) is 60.2 Å². The zero-order chi connectivity index (χ0) is 18.6. The minimum absolute atomic E-state index is 0.112. The van der Waals surface area contributed by atoms with Crippen LogP contribution in [-0.2, 0) is 9.59 Å². The Labute approximate surface area is 160 Å². The number of amides is 2. The van der Waals surface area contributed by atoms with Crippen molar-refractivity contribution in [2.75, 3.05) is 29.9 Å². The molecule has 1 atom stereocenters. The molecule has 0 radical (unpaired) electrons. The lowest BCUT2D eigenvalue weighted by Gasteiger charge is -2.26. The summed E-state index contributed by atoms with van der Waals surface area (Å²) in [6, 6.07) is 17.2. The first-order valence-electron chi connectivity index (χ1n) is 9.73. The molecule has 2 aromatic carbocycles. The fraction of sp³-hybridized carbons (Fsp3) is 0.364. The molecule has 2 aromatic rings. The third kappa shape index (κ3) is 3.82. The van der Waals surface area contributed by atoms with Gasteiger partial charge in [-0.3, -0.25) is 9.59 Å². The van der Waals surface area contributed by atoms with Gasteiger partial charge in [0.05, 0.1) is 0 Å². The number of benzene rings is 2. The molecule has 0 spiro atoms. The van der Waals surface area contributed by atoms with E-state index < -0.39 is 6.04 Å². The van der Waals surface area contributed by atoms with Crippen LogP contribution in [0.4, 0.5) is 11.4 Å². The van der Waals surface area contributed by atoms with Crippen LogP contribution in [0.5, 0.6) is 0 Å². The predicted octanol–water partition coefficient (Wildman–Crippen LogP) is 3.59. The first kappa shape index (κ1) is 17.6. The average molecular weight is 363 g/mol. The molecular formula is C22H25N3O2. The van der Waals surface area contributed by atoms with Crippen LogP contribution in [0.1, 0.15) is 37.3 Å². The Bertz CT molecular complexity index is 815. The lowest BCUT2D eigenvalue weighted by molar-refractivity contribution is -0.131. The number of likely N-dealkylation sites (tertiary alicyclic amines) is 1. The summed E-state index contributed by atoms with van der Waals surface area (Å²) in [5, 5.41) is 3.42. The van der Waals surface area contributed by atoms with Gasteiger partial charge in [-0.2, -0.15) is 0 Å². The summed E-state index contributed by atoms with van der Waals surface area (Å²) in [5.74, 6) is 0.279. The Morgan fingerprint density at radius 3 is 2.41 bits per heavy atom. The van der Waals surface area contributed by atoms with E-state index in [1.54, 1.807) is 0 Å². The third-order valence-electron chi connectivity index (χ3n) is 5.34. The average Bonchev–Trinajstić information content (AvgIpc) is 3.38. The van der Waals surface area contributed by atoms with E-state index in [4.69, 9.17) is 0 Å². The van der Waals surface area contributed by atoms with Crippen molar-refractivity contribution in [3.8, 4) is 0 Å². The molecule has 4 rings (SSSR count). The lowest BCUT2D eigenvalue weighted by Crippen LogP contribution is -2.36. The quantitative estimate of drug-likeness (QED) is 0.883. The molecule has 1 N–H and O–H groups in total. The van der Waals surface area contributed by atoms with Crippen LogP contribution < -0.4 is 10.2 Å². The molecule has 2 fully saturated rings. The number of nitrogens with zero attached hydrogens (tertiary/aromatic N) is 2. The Morgan fingerprint density at radius 2 is 1.70 bits per heavy atom. The SMILES string of the molecule is O=C([C@@H](Nc1cccc(N2CCCC2=O)c1)c1ccccc1)N1CCCC1. The van der Waals surface area contributed by atoms with Crippen LogP contribution >= 0.6 is 0 Å². The molecule has 27 heavy (non-hydrogen) atoms. The summed E-state index contributed by atoms with van der Waals surface area (Å²) >= 11 is 0. The lowest BCUT2D eigenvalue weighted by atomic mass is 10.0. The molecule has 2 saturated heterocycles. The Kier molecular flexibility index (Phi) is 5.10. The Hall–Kier alpha value is -2.82. The highest BCUT2D eigenvalue weighted by atomic mass is 16.2. The molecular weight excluding hydrogens is 338 g/mol. The minimum atomic E-state index is -0.422. The molecule has 2 aliphatic rings. The first-order chi connectivity index (χ1) is 13.2. The standard InChI is InChI=1S/C22H25N3O2/c26-20-12-7-15-25(20)19-11-6-10-18(16-19)23-21(17-8-2-1-3-9-17)22(27)24-13-4-5-14-24/h1-3,6,8-11,16,21,23H,4-5,7,12-15H2/t21-/m0/s1. The summed E-state index contributed by atoms with van der Waals surface area (Å²) in [4.78, 5) is 29.0. The van der Waals surface area contributed by atoms with Gasteiger partial charge in [-0.05, 0) is 43.0 Å². The topological polar surface area (TPSA) is 52.7 Å². The van der Waals surface area contributed by atoms with Crippen molar-refractivity contribution in [1.29, 1.82) is 0 Å². The van der Waals surface area contributed by atoms with Gasteiger partial charge in [-0.25, -0.2) is 0 Å². The Balaban J connectivity index is 1.60. The first-order valence-corrected chi connectivity index (χ1v) is 9.73. The predicted molar refractivity (Wildman–Crippen MR) is 107 cm³/mol. The minimum Gasteiger partial charge on any atom is -0.370 e. The highest BCUT2D eigenvalue weighted by Crippen LogP contribution is 2.28. The van der Waals surface area contributed by atoms with E-state index >= 15 is 0 Å². The van der Waals surface area contributed by atoms with Gasteiger partial charge in [-0.15, -0.1) is 0 Å². The highest BCUT2D eigenvalue weighted by molar-refractivity contribution is 5.96. The summed E-state index contributed by atoms with van der Waals surface area (Å²) in [6.07, 6.45) is 3.65. The number of hydrogen-bond donors (Lipinski definition) is 1. The molecule has 140 valence electrons. The number of carbonyl (C=O) groups excluding carboxylic acids is 2. The van der Waals surface area contributed by atoms with E-state index in [2.05, 4.69) is 5.32 Å². The molecule has 0 saturated carbocycles. The molecule has 0 bridgehead atoms. The van der Waals surface area contributed by atoms with Crippen LogP contribution in [0.3, 0.4) is 0 Å². The van der Waals surface area contributed by atoms with E-state index in [9.17, 15) is 9.59 Å². The summed E-state index contributed by atoms with van der Waals surface area (Å²) in [7, 11) is 0. The number of rotatable bonds is 5. The fourth-order valence-electron chi connectivity index (χ4n) is 3.90. The van der Waals surface area contributed by atoms with Gasteiger partial charge >= 0.3 is 0 Å². The maximum atomic E-state index is 13.1. The van der Waals surface area contributed by atoms with Gasteiger partial charge in [0.2, 0.25) is 11.8 Å². The second-order valence-electron chi connectivity index (χ2n) is 7.22. The van der Waals surface area contributed by atoms with Crippen LogP contribution in [0.25, 0.3) is 0 Å². The molecule has 0 aromatic heterocycles. The van der Waals surface area contributed by atoms with Crippen molar-refractivity contribution in [2.24, 2.45) is 0 Å². The van der Waals surface area contributed by atoms with E-state index in [1.807, 2.05) is 64.4 Å². The molecule has 5 nitrogen and oxygen atoms in total. The largest absolute Gasteiger partial charge is 0.370 e. The van der Waals surface area contributed by atoms with Gasteiger partial charge in [0, 0.05) is 37.4 Å². The summed E-state index contributed by atoms with van der Waals surface area (Å²) in [5.41, 5.74) is 2.70. The molecule has 0 unspecified atom stereocenters. The van der Waals surface area contributed by atoms with Crippen LogP contribution in [0.15, 0.2) is 54.6 Å². The second kappa shape index (κ2) is 7.82. The highest BCUT2D eigenvalue weighted by Gasteiger charge is 2.28. The number of nitrogens with one attached hydrogen (secondary N) is 1. The van der Waals surface area contributed by atoms with Crippen molar-refractivity contribution in [1.82, 2.24) is 4.90 Å². The van der Waals surface area contributed by atoms with Gasteiger partial charge in [0.1, 0.15) is 6.04 Å².